The summed E-state index contributed by atoms with van der Waals surface area (Å²) >= 11 is 0. The third-order valence-electron chi connectivity index (χ3n) is 3.98. The van der Waals surface area contributed by atoms with Crippen molar-refractivity contribution in [3.05, 3.63) is 54.1 Å². The Morgan fingerprint density at radius 3 is 2.77 bits per heavy atom. The van der Waals surface area contributed by atoms with Gasteiger partial charge in [0, 0.05) is 11.9 Å². The van der Waals surface area contributed by atoms with Gasteiger partial charge in [-0.3, -0.25) is 4.79 Å². The van der Waals surface area contributed by atoms with E-state index in [2.05, 4.69) is 10.2 Å². The maximum Gasteiger partial charge on any atom is 0.302 e. The summed E-state index contributed by atoms with van der Waals surface area (Å²) < 4.78 is 7.20. The zero-order valence-corrected chi connectivity index (χ0v) is 14.8. The van der Waals surface area contributed by atoms with E-state index < -0.39 is 5.91 Å². The van der Waals surface area contributed by atoms with Gasteiger partial charge in [0.05, 0.1) is 5.52 Å². The number of benzene rings is 2. The number of hydrogen-bond acceptors (Lipinski definition) is 4. The number of carbonyl (C=O) groups excluding carboxylic acids is 1. The van der Waals surface area contributed by atoms with Crippen LogP contribution in [-0.4, -0.2) is 22.2 Å². The second-order valence-corrected chi connectivity index (χ2v) is 6.04. The molecule has 6 nitrogen and oxygen atoms in total. The van der Waals surface area contributed by atoms with Crippen LogP contribution >= 0.6 is 0 Å². The Kier molecular flexibility index (Phi) is 5.31. The number of azo groups is 1. The summed E-state index contributed by atoms with van der Waals surface area (Å²) in [7, 11) is 0. The van der Waals surface area contributed by atoms with Gasteiger partial charge in [0.15, 0.2) is 12.3 Å². The van der Waals surface area contributed by atoms with Gasteiger partial charge in [0.1, 0.15) is 5.75 Å². The van der Waals surface area contributed by atoms with Crippen LogP contribution in [0.2, 0.25) is 0 Å². The molecule has 0 radical (unpaired) electrons. The van der Waals surface area contributed by atoms with E-state index in [1.807, 2.05) is 56.3 Å². The van der Waals surface area contributed by atoms with E-state index in [9.17, 15) is 9.90 Å². The number of carbonyl (C=O) groups is 1. The van der Waals surface area contributed by atoms with Crippen molar-refractivity contribution >= 4 is 22.5 Å². The highest BCUT2D eigenvalue weighted by atomic mass is 16.5. The van der Waals surface area contributed by atoms with Gasteiger partial charge in [0.2, 0.25) is 5.88 Å². The first-order valence-electron chi connectivity index (χ1n) is 8.54. The molecule has 1 aromatic heterocycles. The quantitative estimate of drug-likeness (QED) is 0.651. The zero-order chi connectivity index (χ0) is 18.5. The van der Waals surface area contributed by atoms with Gasteiger partial charge in [-0.15, -0.1) is 10.2 Å². The molecule has 0 saturated carbocycles. The number of amides is 1. The molecule has 26 heavy (non-hydrogen) atoms. The summed E-state index contributed by atoms with van der Waals surface area (Å²) in [5, 5.41) is 18.9. The Morgan fingerprint density at radius 2 is 2.00 bits per heavy atom. The molecule has 0 aliphatic heterocycles. The maximum absolute atomic E-state index is 12.0. The fourth-order valence-corrected chi connectivity index (χ4v) is 2.81. The van der Waals surface area contributed by atoms with Crippen LogP contribution in [0.25, 0.3) is 10.9 Å². The zero-order valence-electron chi connectivity index (χ0n) is 14.8. The Balaban J connectivity index is 1.77. The number of aromatic nitrogens is 1. The molecule has 1 amide bonds. The number of ether oxygens (including phenoxy) is 1. The number of nitrogens with zero attached hydrogens (tertiary/aromatic N) is 3. The molecule has 0 atom stereocenters. The fraction of sp³-hybridized carbons (Fsp3) is 0.250. The van der Waals surface area contributed by atoms with Crippen LogP contribution in [0.3, 0.4) is 0 Å². The third kappa shape index (κ3) is 3.74. The average Bonchev–Trinajstić information content (AvgIpc) is 2.90. The predicted octanol–water partition coefficient (Wildman–Crippen LogP) is 4.75. The monoisotopic (exact) mass is 351 g/mol. The van der Waals surface area contributed by atoms with Gasteiger partial charge < -0.3 is 14.4 Å². The number of rotatable bonds is 6. The standard InChI is InChI=1S/C20H21N3O3/c1-3-11-23-17-10-5-4-9-16(17)19(20(23)25)22-21-18(24)13-26-15-8-6-7-14(2)12-15/h4-10,12,25H,3,11,13H2,1-2H3. The molecule has 0 aliphatic carbocycles. The van der Waals surface area contributed by atoms with Gasteiger partial charge >= 0.3 is 5.91 Å². The van der Waals surface area contributed by atoms with Gasteiger partial charge in [-0.2, -0.15) is 0 Å². The van der Waals surface area contributed by atoms with Crippen LogP contribution in [0.4, 0.5) is 5.69 Å². The van der Waals surface area contributed by atoms with E-state index in [1.54, 1.807) is 10.6 Å². The van der Waals surface area contributed by atoms with Crippen LogP contribution in [-0.2, 0) is 11.3 Å². The lowest BCUT2D eigenvalue weighted by atomic mass is 10.2. The minimum absolute atomic E-state index is 0.0178. The number of para-hydroxylation sites is 1. The summed E-state index contributed by atoms with van der Waals surface area (Å²) in [6.07, 6.45) is 0.867. The molecule has 0 saturated heterocycles. The largest absolute Gasteiger partial charge is 0.493 e. The topological polar surface area (TPSA) is 76.2 Å². The van der Waals surface area contributed by atoms with E-state index >= 15 is 0 Å². The fourth-order valence-electron chi connectivity index (χ4n) is 2.81. The highest BCUT2D eigenvalue weighted by molar-refractivity contribution is 5.95. The summed E-state index contributed by atoms with van der Waals surface area (Å²) in [5.41, 5.74) is 2.22. The lowest BCUT2D eigenvalue weighted by Crippen LogP contribution is -2.07. The maximum atomic E-state index is 12.0. The van der Waals surface area contributed by atoms with Gasteiger partial charge in [-0.25, -0.2) is 0 Å². The van der Waals surface area contributed by atoms with Crippen molar-refractivity contribution < 1.29 is 14.6 Å². The number of fused-ring (bicyclic) bond motifs is 1. The van der Waals surface area contributed by atoms with Gasteiger partial charge in [0.25, 0.3) is 0 Å². The highest BCUT2D eigenvalue weighted by Crippen LogP contribution is 2.38. The van der Waals surface area contributed by atoms with Crippen LogP contribution in [0.15, 0.2) is 58.8 Å². The van der Waals surface area contributed by atoms with Crippen LogP contribution in [0.1, 0.15) is 18.9 Å². The molecule has 1 N–H and O–H groups in total. The summed E-state index contributed by atoms with van der Waals surface area (Å²) in [5.74, 6) is 0.110. The number of aryl methyl sites for hydroxylation is 2. The number of aromatic hydroxyl groups is 1. The van der Waals surface area contributed by atoms with Crippen LogP contribution in [0, 0.1) is 6.92 Å². The molecule has 0 unspecified atom stereocenters. The first kappa shape index (κ1) is 17.7. The molecule has 6 heteroatoms. The second-order valence-electron chi connectivity index (χ2n) is 6.04. The van der Waals surface area contributed by atoms with Crippen molar-refractivity contribution in [1.29, 1.82) is 0 Å². The minimum atomic E-state index is -0.516. The number of hydrogen-bond donors (Lipinski definition) is 1. The molecular weight excluding hydrogens is 330 g/mol. The summed E-state index contributed by atoms with van der Waals surface area (Å²) in [4.78, 5) is 12.0. The molecule has 134 valence electrons. The first-order valence-corrected chi connectivity index (χ1v) is 8.54. The first-order chi connectivity index (χ1) is 12.6. The van der Waals surface area contributed by atoms with Gasteiger partial charge in [-0.1, -0.05) is 37.3 Å². The van der Waals surface area contributed by atoms with E-state index in [1.165, 1.54) is 0 Å². The minimum Gasteiger partial charge on any atom is -0.493 e. The third-order valence-corrected chi connectivity index (χ3v) is 3.98. The van der Waals surface area contributed by atoms with E-state index in [-0.39, 0.29) is 12.5 Å². The lowest BCUT2D eigenvalue weighted by Gasteiger charge is -2.04. The van der Waals surface area contributed by atoms with Crippen molar-refractivity contribution in [3.8, 4) is 11.6 Å². The SMILES string of the molecule is CCCn1c(O)c(N=NC(=O)COc2cccc(C)c2)c2ccccc21. The molecule has 0 spiro atoms. The molecule has 0 fully saturated rings. The predicted molar refractivity (Wildman–Crippen MR) is 100 cm³/mol. The molecule has 3 aromatic rings. The second kappa shape index (κ2) is 7.82. The van der Waals surface area contributed by atoms with E-state index in [0.717, 1.165) is 22.9 Å². The lowest BCUT2D eigenvalue weighted by molar-refractivity contribution is -0.120. The van der Waals surface area contributed by atoms with Crippen LogP contribution in [0.5, 0.6) is 11.6 Å². The Labute approximate surface area is 151 Å². The van der Waals surface area contributed by atoms with E-state index in [0.29, 0.717) is 18.0 Å². The molecule has 2 aromatic carbocycles. The van der Waals surface area contributed by atoms with Crippen molar-refractivity contribution in [2.75, 3.05) is 6.61 Å². The average molecular weight is 351 g/mol. The normalized spacial score (nSPS) is 11.3. The van der Waals surface area contributed by atoms with Crippen molar-refractivity contribution in [3.63, 3.8) is 0 Å². The van der Waals surface area contributed by atoms with Crippen molar-refractivity contribution in [1.82, 2.24) is 4.57 Å². The molecule has 3 rings (SSSR count). The Morgan fingerprint density at radius 1 is 1.19 bits per heavy atom. The Hall–Kier alpha value is -3.15. The van der Waals surface area contributed by atoms with Crippen molar-refractivity contribution in [2.24, 2.45) is 10.2 Å². The summed E-state index contributed by atoms with van der Waals surface area (Å²) in [6, 6.07) is 14.9. The molecular formula is C20H21N3O3. The molecule has 1 heterocycles. The van der Waals surface area contributed by atoms with Crippen LogP contribution < -0.4 is 4.74 Å². The molecule has 0 bridgehead atoms. The van der Waals surface area contributed by atoms with Gasteiger partial charge in [-0.05, 0) is 37.1 Å². The highest BCUT2D eigenvalue weighted by Gasteiger charge is 2.16. The smallest absolute Gasteiger partial charge is 0.302 e. The van der Waals surface area contributed by atoms with E-state index in [4.69, 9.17) is 4.74 Å². The Bertz CT molecular complexity index is 960. The molecule has 0 aliphatic rings. The van der Waals surface area contributed by atoms with Crippen molar-refractivity contribution in [2.45, 2.75) is 26.8 Å². The summed E-state index contributed by atoms with van der Waals surface area (Å²) in [6.45, 7) is 4.43.